The number of hydrogen-bond donors (Lipinski definition) is 1. The molecule has 348 valence electrons. The van der Waals surface area contributed by atoms with Crippen molar-refractivity contribution < 1.29 is 44.0 Å². The van der Waals surface area contributed by atoms with Crippen LogP contribution in [0, 0.1) is 12.0 Å². The molecule has 5 heteroatoms. The number of aromatic nitrogens is 3. The molecule has 4 nitrogen and oxygen atoms in total. The maximum atomic E-state index is 12.5. The number of benzene rings is 6. The summed E-state index contributed by atoms with van der Waals surface area (Å²) >= 11 is 0. The van der Waals surface area contributed by atoms with Gasteiger partial charge in [-0.05, 0) is 103 Å². The van der Waals surface area contributed by atoms with E-state index in [1.807, 2.05) is 42.5 Å². The Morgan fingerprint density at radius 3 is 1.94 bits per heavy atom. The number of phenolic OH excluding ortho intramolecular Hbond substituents is 1. The van der Waals surface area contributed by atoms with Gasteiger partial charge in [-0.3, -0.25) is 9.55 Å². The maximum Gasteiger partial charge on any atom is 0.148 e. The van der Waals surface area contributed by atoms with Crippen molar-refractivity contribution in [3.8, 4) is 67.5 Å². The first-order valence-electron chi connectivity index (χ1n) is 29.1. The fourth-order valence-corrected chi connectivity index (χ4v) is 8.46. The molecule has 8 aromatic rings. The normalized spacial score (nSPS) is 15.9. The summed E-state index contributed by atoms with van der Waals surface area (Å²) < 4.78 is 113. The topological polar surface area (TPSA) is 50.9 Å². The third-order valence-electron chi connectivity index (χ3n) is 12.1. The van der Waals surface area contributed by atoms with Crippen molar-refractivity contribution in [2.45, 2.75) is 125 Å². The van der Waals surface area contributed by atoms with Crippen molar-refractivity contribution in [2.75, 3.05) is 0 Å². The molecule has 8 rings (SSSR count). The molecule has 0 bridgehead atoms. The van der Waals surface area contributed by atoms with Crippen LogP contribution in [0.15, 0.2) is 133 Å². The summed E-state index contributed by atoms with van der Waals surface area (Å²) in [5.74, 6) is 1.02. The molecule has 0 atom stereocenters. The predicted octanol–water partition coefficient (Wildman–Crippen LogP) is 16.6. The molecule has 0 spiro atoms. The van der Waals surface area contributed by atoms with E-state index in [1.165, 1.54) is 12.3 Å². The van der Waals surface area contributed by atoms with Crippen molar-refractivity contribution >= 4 is 11.0 Å². The fourth-order valence-electron chi connectivity index (χ4n) is 8.46. The number of fused-ring (bicyclic) bond motifs is 1. The smallest absolute Gasteiger partial charge is 0.148 e. The van der Waals surface area contributed by atoms with Gasteiger partial charge in [0.1, 0.15) is 11.6 Å². The summed E-state index contributed by atoms with van der Waals surface area (Å²) in [7, 11) is 0. The number of nitrogens with zero attached hydrogens (tertiary/aromatic N) is 3. The van der Waals surface area contributed by atoms with Crippen LogP contribution in [0.25, 0.3) is 72.7 Å². The molecule has 0 fully saturated rings. The Morgan fingerprint density at radius 2 is 1.30 bits per heavy atom. The van der Waals surface area contributed by atoms with Gasteiger partial charge in [-0.1, -0.05) is 193 Å². The molecule has 0 aliphatic rings. The number of pyridine rings is 1. The maximum absolute atomic E-state index is 12.5. The quantitative estimate of drug-likeness (QED) is 0.154. The Hall–Kier alpha value is -5.57. The van der Waals surface area contributed by atoms with Crippen LogP contribution in [0.3, 0.4) is 0 Å². The standard InChI is InChI=1S/C62H68N3O.Pt/c1-39(2)31-43-35-49(27-28-50(43)41-19-16-15-17-20-41)65-55-22-18-21-51(56(55)64-58(65)52-37-48(61(9,10)11)38-53(57(52)66)62(12,13)14)44-32-45(34-47(33-44)60(6,7)8)54-36-42(29-30-63-54)40-23-25-46(26-24-40)59(3,4)5;/h15-30,33-39,66H,31H2,1-14H3;/q-1;/i3D3,4D3,5D3,23D,24D,25D,26D;. The van der Waals surface area contributed by atoms with E-state index in [0.717, 1.165) is 56.6 Å². The van der Waals surface area contributed by atoms with Gasteiger partial charge in [0.15, 0.2) is 0 Å². The Kier molecular flexibility index (Phi) is 9.57. The summed E-state index contributed by atoms with van der Waals surface area (Å²) in [6.45, 7) is 11.9. The van der Waals surface area contributed by atoms with Gasteiger partial charge in [-0.25, -0.2) is 4.98 Å². The number of hydrogen-bond acceptors (Lipinski definition) is 3. The second-order valence-corrected chi connectivity index (χ2v) is 21.0. The monoisotopic (exact) mass is 1080 g/mol. The van der Waals surface area contributed by atoms with Gasteiger partial charge >= 0.3 is 0 Å². The molecule has 2 heterocycles. The molecule has 1 N–H and O–H groups in total. The van der Waals surface area contributed by atoms with Crippen LogP contribution >= 0.6 is 0 Å². The molecular formula is C62H68N3OPt-. The van der Waals surface area contributed by atoms with Crippen LogP contribution in [0.5, 0.6) is 5.75 Å². The molecule has 0 unspecified atom stereocenters. The van der Waals surface area contributed by atoms with Crippen molar-refractivity contribution in [3.63, 3.8) is 0 Å². The van der Waals surface area contributed by atoms with Gasteiger partial charge in [0.25, 0.3) is 0 Å². The van der Waals surface area contributed by atoms with Crippen LogP contribution < -0.4 is 0 Å². The summed E-state index contributed by atoms with van der Waals surface area (Å²) in [5, 5.41) is 12.5. The molecule has 0 saturated carbocycles. The van der Waals surface area contributed by atoms with Crippen molar-refractivity contribution in [1.82, 2.24) is 14.5 Å². The first-order valence-corrected chi connectivity index (χ1v) is 22.6. The number of para-hydroxylation sites is 1. The first kappa shape index (κ1) is 34.7. The second kappa shape index (κ2) is 18.5. The van der Waals surface area contributed by atoms with Gasteiger partial charge in [0.05, 0.1) is 22.1 Å². The van der Waals surface area contributed by atoms with Crippen LogP contribution in [-0.4, -0.2) is 19.6 Å². The molecule has 0 saturated heterocycles. The molecular weight excluding hydrogens is 998 g/mol. The SMILES string of the molecule is [2H]c1c([2H])c(C(C([2H])([2H])[2H])(C([2H])([2H])[2H])C([2H])([2H])[2H])c([2H])c([2H])c1-c1ccnc(-c2[c-]c(-c3cccc4c3nc(-c3cc(C(C)(C)C)cc(C(C)(C)C)c3O)n4-c3ccc(-c4ccccc4)c(CC(C)C)c3)cc(C(C)(C)C)c2)c1.[Pt]. The zero-order chi connectivity index (χ0) is 58.5. The van der Waals surface area contributed by atoms with E-state index in [2.05, 4.69) is 135 Å². The van der Waals surface area contributed by atoms with Gasteiger partial charge in [0, 0.05) is 56.5 Å². The fraction of sp³-hybridized carbons (Fsp3) is 0.323. The van der Waals surface area contributed by atoms with Crippen molar-refractivity contribution in [1.29, 1.82) is 0 Å². The van der Waals surface area contributed by atoms with Gasteiger partial charge in [0.2, 0.25) is 0 Å². The Balaban J connectivity index is 0.00000924. The van der Waals surface area contributed by atoms with E-state index in [-0.39, 0.29) is 43.4 Å². The van der Waals surface area contributed by atoms with E-state index in [1.54, 1.807) is 6.07 Å². The summed E-state index contributed by atoms with van der Waals surface area (Å²) in [5.41, 5.74) is 4.82. The Bertz CT molecular complexity index is 3590. The van der Waals surface area contributed by atoms with Gasteiger partial charge in [-0.15, -0.1) is 29.3 Å². The van der Waals surface area contributed by atoms with Crippen LogP contribution in [-0.2, 0) is 49.1 Å². The molecule has 2 aromatic heterocycles. The predicted molar refractivity (Wildman–Crippen MR) is 280 cm³/mol. The number of rotatable bonds is 8. The zero-order valence-electron chi connectivity index (χ0n) is 53.3. The van der Waals surface area contributed by atoms with E-state index in [4.69, 9.17) is 27.8 Å². The Labute approximate surface area is 433 Å². The molecule has 0 amide bonds. The third-order valence-corrected chi connectivity index (χ3v) is 12.1. The number of phenols is 1. The Morgan fingerprint density at radius 1 is 0.627 bits per heavy atom. The first-order chi connectivity index (χ1) is 36.4. The van der Waals surface area contributed by atoms with Gasteiger partial charge in [-0.2, -0.15) is 0 Å². The largest absolute Gasteiger partial charge is 0.507 e. The average molecular weight is 1080 g/mol. The van der Waals surface area contributed by atoms with Crippen molar-refractivity contribution in [3.05, 3.63) is 167 Å². The van der Waals surface area contributed by atoms with E-state index >= 15 is 0 Å². The molecule has 6 aromatic carbocycles. The third kappa shape index (κ3) is 10.3. The summed E-state index contributed by atoms with van der Waals surface area (Å²) in [4.78, 5) is 10.3. The van der Waals surface area contributed by atoms with E-state index in [0.29, 0.717) is 39.6 Å². The van der Waals surface area contributed by atoms with E-state index < -0.39 is 66.5 Å². The summed E-state index contributed by atoms with van der Waals surface area (Å²) in [6, 6.07) is 33.7. The minimum absolute atomic E-state index is 0. The van der Waals surface area contributed by atoms with Crippen LogP contribution in [0.1, 0.15) is 142 Å². The molecule has 0 aliphatic carbocycles. The zero-order valence-corrected chi connectivity index (χ0v) is 42.6. The average Bonchev–Trinajstić information content (AvgIpc) is 3.73. The van der Waals surface area contributed by atoms with Crippen LogP contribution in [0.4, 0.5) is 0 Å². The summed E-state index contributed by atoms with van der Waals surface area (Å²) in [6.07, 6.45) is 2.23. The number of imidazole rings is 1. The molecule has 0 radical (unpaired) electrons. The minimum Gasteiger partial charge on any atom is -0.507 e. The second-order valence-electron chi connectivity index (χ2n) is 21.0. The minimum atomic E-state index is -3.81. The van der Waals surface area contributed by atoms with Crippen molar-refractivity contribution in [2.24, 2.45) is 5.92 Å². The van der Waals surface area contributed by atoms with E-state index in [9.17, 15) is 5.11 Å². The molecule has 0 aliphatic heterocycles. The van der Waals surface area contributed by atoms with Crippen LogP contribution in [0.2, 0.25) is 0 Å². The number of aromatic hydroxyl groups is 1. The molecule has 67 heavy (non-hydrogen) atoms. The van der Waals surface area contributed by atoms with Gasteiger partial charge < -0.3 is 5.11 Å².